The van der Waals surface area contributed by atoms with Gasteiger partial charge in [-0.2, -0.15) is 0 Å². The molecule has 0 atom stereocenters. The molecule has 0 radical (unpaired) electrons. The zero-order valence-electron chi connectivity index (χ0n) is 32.9. The van der Waals surface area contributed by atoms with E-state index in [0.717, 1.165) is 32.1 Å². The van der Waals surface area contributed by atoms with Gasteiger partial charge in [0.1, 0.15) is 0 Å². The van der Waals surface area contributed by atoms with Crippen LogP contribution in [-0.2, 0) is 29.2 Å². The summed E-state index contributed by atoms with van der Waals surface area (Å²) in [6.45, 7) is 7.12. The molecule has 0 aliphatic carbocycles. The van der Waals surface area contributed by atoms with Crippen molar-refractivity contribution in [3.8, 4) is 0 Å². The normalized spacial score (nSPS) is 11.1. The first-order chi connectivity index (χ1) is 22.5. The summed E-state index contributed by atoms with van der Waals surface area (Å²) in [4.78, 5) is 0. The van der Waals surface area contributed by atoms with E-state index in [2.05, 4.69) is 29.1 Å². The third-order valence-corrected chi connectivity index (χ3v) is 8.87. The van der Waals surface area contributed by atoms with Crippen molar-refractivity contribution in [3.05, 3.63) is 0 Å². The standard InChI is InChI=1S/2C12H26O4S.C12H26O.2Na/c2*1-2-3-4-5-6-7-8-9-10-11-12-16-17(13,14)15;1-2-3-4-5-6-7-8-9-10-11-12-13;;/h2*2-12H2,1H3,(H,13,14,15);13H,2-12H2,1H3;;/q;;;2*+1/p-2. The molecule has 0 saturated heterocycles. The van der Waals surface area contributed by atoms with Gasteiger partial charge < -0.3 is 14.2 Å². The zero-order valence-corrected chi connectivity index (χ0v) is 38.5. The van der Waals surface area contributed by atoms with Gasteiger partial charge in [-0.1, -0.05) is 194 Å². The second-order valence-corrected chi connectivity index (χ2v) is 14.8. The minimum Gasteiger partial charge on any atom is -0.726 e. The third-order valence-electron chi connectivity index (χ3n) is 7.96. The molecule has 0 amide bonds. The second kappa shape index (κ2) is 49.7. The smallest absolute Gasteiger partial charge is 0.726 e. The van der Waals surface area contributed by atoms with Gasteiger partial charge in [-0.25, -0.2) is 16.8 Å². The van der Waals surface area contributed by atoms with Crippen molar-refractivity contribution in [2.24, 2.45) is 0 Å². The van der Waals surface area contributed by atoms with Crippen molar-refractivity contribution in [1.29, 1.82) is 0 Å². The average Bonchev–Trinajstić information content (AvgIpc) is 3.01. The van der Waals surface area contributed by atoms with Gasteiger partial charge in [0.15, 0.2) is 0 Å². The van der Waals surface area contributed by atoms with E-state index in [1.807, 2.05) is 0 Å². The van der Waals surface area contributed by atoms with Crippen molar-refractivity contribution >= 4 is 20.8 Å². The van der Waals surface area contributed by atoms with Gasteiger partial charge in [0.05, 0.1) is 13.2 Å². The molecule has 0 saturated carbocycles. The van der Waals surface area contributed by atoms with Gasteiger partial charge in [-0.05, 0) is 19.3 Å². The molecule has 0 aromatic carbocycles. The Bertz CT molecular complexity index is 723. The number of hydrogen-bond donors (Lipinski definition) is 1. The molecule has 0 aliphatic heterocycles. The molecule has 0 bridgehead atoms. The van der Waals surface area contributed by atoms with Crippen LogP contribution >= 0.6 is 0 Å². The molecular weight excluding hydrogens is 687 g/mol. The van der Waals surface area contributed by atoms with Crippen LogP contribution in [-0.4, -0.2) is 50.9 Å². The van der Waals surface area contributed by atoms with Crippen molar-refractivity contribution < 1.29 is 98.5 Å². The number of hydrogen-bond acceptors (Lipinski definition) is 9. The van der Waals surface area contributed by atoms with Crippen molar-refractivity contribution in [2.75, 3.05) is 19.8 Å². The molecule has 0 unspecified atom stereocenters. The van der Waals surface area contributed by atoms with Gasteiger partial charge in [0, 0.05) is 6.61 Å². The van der Waals surface area contributed by atoms with E-state index < -0.39 is 20.8 Å². The molecule has 288 valence electrons. The Labute approximate surface area is 349 Å². The molecule has 9 nitrogen and oxygen atoms in total. The number of rotatable bonds is 34. The monoisotopic (exact) mass is 762 g/mol. The van der Waals surface area contributed by atoms with Crippen LogP contribution in [0.1, 0.15) is 213 Å². The van der Waals surface area contributed by atoms with Crippen molar-refractivity contribution in [3.63, 3.8) is 0 Å². The van der Waals surface area contributed by atoms with Crippen molar-refractivity contribution in [2.45, 2.75) is 213 Å². The van der Waals surface area contributed by atoms with Gasteiger partial charge in [-0.15, -0.1) is 0 Å². The Morgan fingerprint density at radius 1 is 0.367 bits per heavy atom. The molecule has 0 aromatic heterocycles. The first kappa shape index (κ1) is 60.0. The first-order valence-electron chi connectivity index (χ1n) is 19.3. The maximum absolute atomic E-state index is 10.1. The Morgan fingerprint density at radius 2 is 0.551 bits per heavy atom. The van der Waals surface area contributed by atoms with E-state index in [4.69, 9.17) is 5.11 Å². The Hall–Kier alpha value is 1.70. The molecule has 0 rings (SSSR count). The fraction of sp³-hybridized carbons (Fsp3) is 1.00. The average molecular weight is 763 g/mol. The molecule has 49 heavy (non-hydrogen) atoms. The van der Waals surface area contributed by atoms with E-state index in [9.17, 15) is 25.9 Å². The predicted octanol–water partition coefficient (Wildman–Crippen LogP) is 4.68. The van der Waals surface area contributed by atoms with Crippen LogP contribution in [0.2, 0.25) is 0 Å². The van der Waals surface area contributed by atoms with Crippen LogP contribution < -0.4 is 59.1 Å². The van der Waals surface area contributed by atoms with Gasteiger partial charge in [0.25, 0.3) is 0 Å². The zero-order chi connectivity index (χ0) is 35.7. The second-order valence-electron chi connectivity index (χ2n) is 12.7. The minimum absolute atomic E-state index is 0. The number of aliphatic hydroxyl groups excluding tert-OH is 1. The van der Waals surface area contributed by atoms with E-state index in [-0.39, 0.29) is 72.3 Å². The van der Waals surface area contributed by atoms with E-state index in [1.165, 1.54) is 148 Å². The summed E-state index contributed by atoms with van der Waals surface area (Å²) in [6.07, 6.45) is 36.7. The first-order valence-corrected chi connectivity index (χ1v) is 22.0. The molecule has 13 heteroatoms. The molecular formula is C36H76Na2O9S2. The molecule has 0 aliphatic rings. The fourth-order valence-electron chi connectivity index (χ4n) is 5.10. The summed E-state index contributed by atoms with van der Waals surface area (Å²) in [5.74, 6) is 0. The molecule has 1 N–H and O–H groups in total. The van der Waals surface area contributed by atoms with E-state index >= 15 is 0 Å². The van der Waals surface area contributed by atoms with Gasteiger partial charge in [0.2, 0.25) is 20.8 Å². The van der Waals surface area contributed by atoms with Crippen LogP contribution in [0.15, 0.2) is 0 Å². The topological polar surface area (TPSA) is 153 Å². The number of aliphatic hydroxyl groups is 1. The summed E-state index contributed by atoms with van der Waals surface area (Å²) in [6, 6.07) is 0. The summed E-state index contributed by atoms with van der Waals surface area (Å²) in [5, 5.41) is 8.57. The Balaban J connectivity index is -0.000000196. The molecule has 0 aromatic rings. The Morgan fingerprint density at radius 3 is 0.735 bits per heavy atom. The van der Waals surface area contributed by atoms with Crippen LogP contribution in [0, 0.1) is 0 Å². The molecule has 0 heterocycles. The quantitative estimate of drug-likeness (QED) is 0.0427. The predicted molar refractivity (Wildman–Crippen MR) is 194 cm³/mol. The largest absolute Gasteiger partial charge is 1.00 e. The van der Waals surface area contributed by atoms with Crippen LogP contribution in [0.4, 0.5) is 0 Å². The van der Waals surface area contributed by atoms with Gasteiger partial charge in [-0.3, -0.25) is 8.37 Å². The minimum atomic E-state index is -4.48. The summed E-state index contributed by atoms with van der Waals surface area (Å²) in [7, 11) is -8.97. The van der Waals surface area contributed by atoms with Crippen LogP contribution in [0.25, 0.3) is 0 Å². The van der Waals surface area contributed by atoms with Crippen LogP contribution in [0.5, 0.6) is 0 Å². The van der Waals surface area contributed by atoms with Gasteiger partial charge >= 0.3 is 59.1 Å². The Kier molecular flexibility index (Phi) is 60.8. The maximum Gasteiger partial charge on any atom is 1.00 e. The number of unbranched alkanes of at least 4 members (excludes halogenated alkanes) is 27. The maximum atomic E-state index is 10.1. The third kappa shape index (κ3) is 71.7. The van der Waals surface area contributed by atoms with E-state index in [0.29, 0.717) is 19.4 Å². The summed E-state index contributed by atoms with van der Waals surface area (Å²) in [5.41, 5.74) is 0. The van der Waals surface area contributed by atoms with Crippen molar-refractivity contribution in [1.82, 2.24) is 0 Å². The molecule has 0 fully saturated rings. The SMILES string of the molecule is CCCCCCCCCCCCO.CCCCCCCCCCCCOS(=O)(=O)[O-].CCCCCCCCCCCCOS(=O)(=O)[O-].[Na+].[Na+]. The summed E-state index contributed by atoms with van der Waals surface area (Å²) >= 11 is 0. The summed E-state index contributed by atoms with van der Waals surface area (Å²) < 4.78 is 68.9. The van der Waals surface area contributed by atoms with E-state index in [1.54, 1.807) is 0 Å². The fourth-order valence-corrected chi connectivity index (χ4v) is 5.74. The van der Waals surface area contributed by atoms with Crippen LogP contribution in [0.3, 0.4) is 0 Å². The molecule has 0 spiro atoms.